The maximum atomic E-state index is 13.7. The number of amides is 1. The molecule has 9 heteroatoms. The maximum Gasteiger partial charge on any atom is 0.263 e. The minimum Gasteiger partial charge on any atom is -0.392 e. The Kier molecular flexibility index (Phi) is 5.34. The SMILES string of the molecule is O=C(CN1CCC[C@@H](O)C1)NCc1noc(-c2c(F)cccc2F)n1. The van der Waals surface area contributed by atoms with E-state index in [1.165, 1.54) is 6.07 Å². The van der Waals surface area contributed by atoms with E-state index < -0.39 is 23.3 Å². The highest BCUT2D eigenvalue weighted by Crippen LogP contribution is 2.24. The second-order valence-corrected chi connectivity index (χ2v) is 5.92. The molecular weight excluding hydrogens is 334 g/mol. The molecule has 2 aromatic rings. The number of β-amino-alcohol motifs (C(OH)–C–C–N with tert-alkyl or cyclic N) is 1. The van der Waals surface area contributed by atoms with Crippen molar-refractivity contribution >= 4 is 5.91 Å². The molecule has 1 saturated heterocycles. The van der Waals surface area contributed by atoms with E-state index in [2.05, 4.69) is 15.5 Å². The molecule has 3 rings (SSSR count). The number of hydrogen-bond donors (Lipinski definition) is 2. The Morgan fingerprint density at radius 1 is 1.40 bits per heavy atom. The van der Waals surface area contributed by atoms with Gasteiger partial charge in [-0.05, 0) is 31.5 Å². The Balaban J connectivity index is 1.56. The highest BCUT2D eigenvalue weighted by Gasteiger charge is 2.21. The van der Waals surface area contributed by atoms with Crippen LogP contribution in [0.2, 0.25) is 0 Å². The van der Waals surface area contributed by atoms with Crippen molar-refractivity contribution in [3.05, 3.63) is 35.7 Å². The average Bonchev–Trinajstić information content (AvgIpc) is 3.01. The van der Waals surface area contributed by atoms with Gasteiger partial charge in [0, 0.05) is 6.54 Å². The Bertz CT molecular complexity index is 732. The molecule has 134 valence electrons. The van der Waals surface area contributed by atoms with E-state index in [4.69, 9.17) is 4.52 Å². The molecule has 1 aromatic heterocycles. The molecule has 0 radical (unpaired) electrons. The smallest absolute Gasteiger partial charge is 0.263 e. The summed E-state index contributed by atoms with van der Waals surface area (Å²) in [5.74, 6) is -2.02. The first-order valence-electron chi connectivity index (χ1n) is 7.97. The minimum absolute atomic E-state index is 0.0190. The number of rotatable bonds is 5. The number of benzene rings is 1. The number of nitrogens with zero attached hydrogens (tertiary/aromatic N) is 3. The van der Waals surface area contributed by atoms with Crippen LogP contribution in [0.15, 0.2) is 22.7 Å². The first-order chi connectivity index (χ1) is 12.0. The third-order valence-electron chi connectivity index (χ3n) is 3.94. The number of carbonyl (C=O) groups excluding carboxylic acids is 1. The molecule has 0 unspecified atom stereocenters. The predicted molar refractivity (Wildman–Crippen MR) is 83.2 cm³/mol. The molecule has 2 N–H and O–H groups in total. The van der Waals surface area contributed by atoms with Crippen molar-refractivity contribution in [3.63, 3.8) is 0 Å². The molecular formula is C16H18F2N4O3. The quantitative estimate of drug-likeness (QED) is 0.837. The Morgan fingerprint density at radius 3 is 2.88 bits per heavy atom. The topological polar surface area (TPSA) is 91.5 Å². The van der Waals surface area contributed by atoms with Gasteiger partial charge in [0.2, 0.25) is 5.91 Å². The Hall–Kier alpha value is -2.39. The van der Waals surface area contributed by atoms with Crippen molar-refractivity contribution in [3.8, 4) is 11.5 Å². The van der Waals surface area contributed by atoms with E-state index in [1.54, 1.807) is 0 Å². The van der Waals surface area contributed by atoms with Gasteiger partial charge < -0.3 is 14.9 Å². The summed E-state index contributed by atoms with van der Waals surface area (Å²) in [7, 11) is 0. The minimum atomic E-state index is -0.803. The Labute approximate surface area is 142 Å². The van der Waals surface area contributed by atoms with Gasteiger partial charge in [0.15, 0.2) is 5.82 Å². The van der Waals surface area contributed by atoms with Gasteiger partial charge in [-0.3, -0.25) is 9.69 Å². The van der Waals surface area contributed by atoms with Crippen molar-refractivity contribution in [2.24, 2.45) is 0 Å². The van der Waals surface area contributed by atoms with Crippen molar-refractivity contribution in [2.45, 2.75) is 25.5 Å². The van der Waals surface area contributed by atoms with E-state index in [9.17, 15) is 18.7 Å². The number of aliphatic hydroxyl groups excluding tert-OH is 1. The van der Waals surface area contributed by atoms with E-state index in [1.807, 2.05) is 4.90 Å². The third-order valence-corrected chi connectivity index (χ3v) is 3.94. The largest absolute Gasteiger partial charge is 0.392 e. The number of hydrogen-bond acceptors (Lipinski definition) is 6. The summed E-state index contributed by atoms with van der Waals surface area (Å²) in [5.41, 5.74) is -0.394. The first kappa shape index (κ1) is 17.4. The zero-order chi connectivity index (χ0) is 17.8. The summed E-state index contributed by atoms with van der Waals surface area (Å²) >= 11 is 0. The van der Waals surface area contributed by atoms with Crippen LogP contribution in [-0.4, -0.2) is 51.8 Å². The van der Waals surface area contributed by atoms with E-state index >= 15 is 0 Å². The van der Waals surface area contributed by atoms with Gasteiger partial charge in [0.1, 0.15) is 17.2 Å². The second kappa shape index (κ2) is 7.66. The molecule has 0 saturated carbocycles. The van der Waals surface area contributed by atoms with Crippen LogP contribution in [0.4, 0.5) is 8.78 Å². The second-order valence-electron chi connectivity index (χ2n) is 5.92. The van der Waals surface area contributed by atoms with Gasteiger partial charge in [-0.1, -0.05) is 11.2 Å². The first-order valence-corrected chi connectivity index (χ1v) is 7.97. The molecule has 1 amide bonds. The molecule has 1 aliphatic rings. The van der Waals surface area contributed by atoms with Crippen LogP contribution >= 0.6 is 0 Å². The fourth-order valence-electron chi connectivity index (χ4n) is 2.74. The molecule has 0 aliphatic carbocycles. The molecule has 1 aliphatic heterocycles. The molecule has 7 nitrogen and oxygen atoms in total. The summed E-state index contributed by atoms with van der Waals surface area (Å²) in [4.78, 5) is 17.7. The molecule has 0 spiro atoms. The van der Waals surface area contributed by atoms with E-state index in [0.29, 0.717) is 6.54 Å². The highest BCUT2D eigenvalue weighted by molar-refractivity contribution is 5.77. The molecule has 1 aromatic carbocycles. The number of halogens is 2. The molecule has 0 bridgehead atoms. The average molecular weight is 352 g/mol. The number of nitrogens with one attached hydrogen (secondary N) is 1. The number of piperidine rings is 1. The van der Waals surface area contributed by atoms with Crippen LogP contribution in [0.1, 0.15) is 18.7 Å². The summed E-state index contributed by atoms with van der Waals surface area (Å²) in [6.07, 6.45) is 1.18. The van der Waals surface area contributed by atoms with Gasteiger partial charge in [-0.2, -0.15) is 4.98 Å². The van der Waals surface area contributed by atoms with Crippen molar-refractivity contribution < 1.29 is 23.2 Å². The molecule has 1 atom stereocenters. The standard InChI is InChI=1S/C16H18F2N4O3/c17-11-4-1-5-12(18)15(11)16-20-13(21-25-16)7-19-14(24)9-22-6-2-3-10(23)8-22/h1,4-5,10,23H,2-3,6-9H2,(H,19,24)/t10-/m1/s1. The summed E-state index contributed by atoms with van der Waals surface area (Å²) in [6, 6.07) is 3.43. The van der Waals surface area contributed by atoms with E-state index in [-0.39, 0.29) is 30.7 Å². The van der Waals surface area contributed by atoms with Crippen molar-refractivity contribution in [2.75, 3.05) is 19.6 Å². The fraction of sp³-hybridized carbons (Fsp3) is 0.438. The summed E-state index contributed by atoms with van der Waals surface area (Å²) in [5, 5.41) is 15.8. The van der Waals surface area contributed by atoms with Gasteiger partial charge in [0.25, 0.3) is 5.89 Å². The summed E-state index contributed by atoms with van der Waals surface area (Å²) in [6.45, 7) is 1.36. The van der Waals surface area contributed by atoms with Gasteiger partial charge in [0.05, 0.1) is 19.2 Å². The number of aromatic nitrogens is 2. The van der Waals surface area contributed by atoms with Crippen LogP contribution in [0.5, 0.6) is 0 Å². The van der Waals surface area contributed by atoms with Crippen LogP contribution in [0.3, 0.4) is 0 Å². The number of likely N-dealkylation sites (tertiary alicyclic amines) is 1. The normalized spacial score (nSPS) is 18.3. The molecule has 25 heavy (non-hydrogen) atoms. The monoisotopic (exact) mass is 352 g/mol. The highest BCUT2D eigenvalue weighted by atomic mass is 19.1. The lowest BCUT2D eigenvalue weighted by Crippen LogP contribution is -2.44. The molecule has 2 heterocycles. The molecule has 1 fully saturated rings. The zero-order valence-electron chi connectivity index (χ0n) is 13.4. The van der Waals surface area contributed by atoms with Crippen molar-refractivity contribution in [1.29, 1.82) is 0 Å². The third kappa shape index (κ3) is 4.37. The van der Waals surface area contributed by atoms with Gasteiger partial charge in [-0.15, -0.1) is 0 Å². The predicted octanol–water partition coefficient (Wildman–Crippen LogP) is 1.09. The lowest BCUT2D eigenvalue weighted by atomic mass is 10.1. The lowest BCUT2D eigenvalue weighted by molar-refractivity contribution is -0.123. The van der Waals surface area contributed by atoms with E-state index in [0.717, 1.165) is 31.5 Å². The fourth-order valence-corrected chi connectivity index (χ4v) is 2.74. The van der Waals surface area contributed by atoms with Crippen LogP contribution < -0.4 is 5.32 Å². The van der Waals surface area contributed by atoms with Gasteiger partial charge >= 0.3 is 0 Å². The summed E-state index contributed by atoms with van der Waals surface area (Å²) < 4.78 is 32.2. The van der Waals surface area contributed by atoms with Gasteiger partial charge in [-0.25, -0.2) is 8.78 Å². The number of carbonyl (C=O) groups is 1. The Morgan fingerprint density at radius 2 is 2.16 bits per heavy atom. The zero-order valence-corrected chi connectivity index (χ0v) is 13.4. The van der Waals surface area contributed by atoms with Crippen LogP contribution in [-0.2, 0) is 11.3 Å². The number of aliphatic hydroxyl groups is 1. The van der Waals surface area contributed by atoms with Crippen LogP contribution in [0, 0.1) is 11.6 Å². The van der Waals surface area contributed by atoms with Crippen molar-refractivity contribution in [1.82, 2.24) is 20.4 Å². The van der Waals surface area contributed by atoms with Crippen LogP contribution in [0.25, 0.3) is 11.5 Å². The lowest BCUT2D eigenvalue weighted by Gasteiger charge is -2.29. The maximum absolute atomic E-state index is 13.7.